The lowest BCUT2D eigenvalue weighted by atomic mass is 9.69. The Hall–Kier alpha value is -3.71. The van der Waals surface area contributed by atoms with Gasteiger partial charge in [-0.15, -0.1) is 0 Å². The summed E-state index contributed by atoms with van der Waals surface area (Å²) in [4.78, 5) is 32.0. The van der Waals surface area contributed by atoms with Gasteiger partial charge in [0.25, 0.3) is 0 Å². The molecule has 0 saturated carbocycles. The number of hydrogen-bond donors (Lipinski definition) is 1. The number of nitrogens with one attached hydrogen (secondary N) is 1. The van der Waals surface area contributed by atoms with Crippen molar-refractivity contribution in [1.82, 2.24) is 0 Å². The van der Waals surface area contributed by atoms with Crippen LogP contribution in [0, 0.1) is 5.92 Å². The molecule has 3 atom stereocenters. The first-order valence-corrected chi connectivity index (χ1v) is 12.6. The van der Waals surface area contributed by atoms with Crippen LogP contribution < -0.4 is 5.32 Å². The highest BCUT2D eigenvalue weighted by Crippen LogP contribution is 2.48. The summed E-state index contributed by atoms with van der Waals surface area (Å²) in [5, 5.41) is 3.02. The highest BCUT2D eigenvalue weighted by Gasteiger charge is 2.44. The van der Waals surface area contributed by atoms with E-state index in [1.165, 1.54) is 12.1 Å². The highest BCUT2D eigenvalue weighted by molar-refractivity contribution is 6.31. The minimum atomic E-state index is -4.55. The van der Waals surface area contributed by atoms with Crippen molar-refractivity contribution in [2.24, 2.45) is 10.9 Å². The molecule has 1 unspecified atom stereocenters. The number of benzene rings is 3. The third-order valence-corrected chi connectivity index (χ3v) is 7.48. The number of rotatable bonds is 4. The molecular weight excluding hydrogens is 513 g/mol. The molecule has 38 heavy (non-hydrogen) atoms. The van der Waals surface area contributed by atoms with Crippen LogP contribution in [0.15, 0.2) is 95.1 Å². The summed E-state index contributed by atoms with van der Waals surface area (Å²) in [5.74, 6) is -2.36. The first kappa shape index (κ1) is 25.9. The lowest BCUT2D eigenvalue weighted by Gasteiger charge is -2.37. The van der Waals surface area contributed by atoms with Gasteiger partial charge in [-0.25, -0.2) is 0 Å². The monoisotopic (exact) mass is 536 g/mol. The average molecular weight is 537 g/mol. The Morgan fingerprint density at radius 3 is 2.39 bits per heavy atom. The van der Waals surface area contributed by atoms with Crippen molar-refractivity contribution in [3.8, 4) is 0 Å². The first-order chi connectivity index (χ1) is 18.1. The molecule has 2 aliphatic rings. The van der Waals surface area contributed by atoms with E-state index in [1.54, 1.807) is 31.2 Å². The number of hydrogen-bond acceptors (Lipinski definition) is 3. The molecule has 8 heteroatoms. The molecule has 3 aromatic carbocycles. The Morgan fingerprint density at radius 2 is 1.68 bits per heavy atom. The molecule has 1 aliphatic heterocycles. The SMILES string of the molecule is CC1=NC2=C(C(=O)C[C@@H](c3ccccc3)C2)[C@H](c2ccccc2Cl)C1C(=O)Nc1cccc(C(F)(F)F)c1. The van der Waals surface area contributed by atoms with E-state index >= 15 is 0 Å². The van der Waals surface area contributed by atoms with Gasteiger partial charge in [0.15, 0.2) is 5.78 Å². The van der Waals surface area contributed by atoms with Crippen LogP contribution in [-0.4, -0.2) is 17.4 Å². The molecule has 1 N–H and O–H groups in total. The van der Waals surface area contributed by atoms with Crippen molar-refractivity contribution in [2.75, 3.05) is 5.32 Å². The Bertz CT molecular complexity index is 1460. The molecule has 0 bridgehead atoms. The number of carbonyl (C=O) groups excluding carboxylic acids is 2. The van der Waals surface area contributed by atoms with Gasteiger partial charge < -0.3 is 5.32 Å². The summed E-state index contributed by atoms with van der Waals surface area (Å²) in [6, 6.07) is 21.2. The zero-order chi connectivity index (χ0) is 27.0. The maximum Gasteiger partial charge on any atom is 0.416 e. The maximum absolute atomic E-state index is 13.7. The van der Waals surface area contributed by atoms with E-state index in [0.717, 1.165) is 17.7 Å². The number of carbonyl (C=O) groups is 2. The number of allylic oxidation sites excluding steroid dienone is 2. The zero-order valence-corrected chi connectivity index (χ0v) is 21.2. The smallest absolute Gasteiger partial charge is 0.325 e. The molecule has 1 aliphatic carbocycles. The first-order valence-electron chi connectivity index (χ1n) is 12.2. The predicted octanol–water partition coefficient (Wildman–Crippen LogP) is 7.57. The van der Waals surface area contributed by atoms with E-state index in [2.05, 4.69) is 5.32 Å². The highest BCUT2D eigenvalue weighted by atomic mass is 35.5. The Morgan fingerprint density at radius 1 is 0.974 bits per heavy atom. The fourth-order valence-electron chi connectivity index (χ4n) is 5.42. The number of halogens is 4. The molecule has 0 spiro atoms. The van der Waals surface area contributed by atoms with Crippen molar-refractivity contribution in [1.29, 1.82) is 0 Å². The number of ketones is 1. The number of Topliss-reactive ketones (excluding diaryl/α,β-unsaturated/α-hetero) is 1. The van der Waals surface area contributed by atoms with Crippen molar-refractivity contribution in [2.45, 2.75) is 37.8 Å². The number of nitrogens with zero attached hydrogens (tertiary/aromatic N) is 1. The molecule has 0 saturated heterocycles. The standard InChI is InChI=1S/C30H24ClF3N2O2/c1-17-26(29(38)36-21-11-7-10-20(16-21)30(32,33)34)27(22-12-5-6-13-23(22)31)28-24(35-17)14-19(15-25(28)37)18-8-3-2-4-9-18/h2-13,16,19,26-27H,14-15H2,1H3,(H,36,38)/t19-,26?,27+/m0/s1. The van der Waals surface area contributed by atoms with Crippen LogP contribution in [0.5, 0.6) is 0 Å². The predicted molar refractivity (Wildman–Crippen MR) is 141 cm³/mol. The quantitative estimate of drug-likeness (QED) is 0.374. The van der Waals surface area contributed by atoms with Crippen LogP contribution in [0.1, 0.15) is 48.3 Å². The maximum atomic E-state index is 13.7. The van der Waals surface area contributed by atoms with Gasteiger partial charge in [-0.3, -0.25) is 14.6 Å². The van der Waals surface area contributed by atoms with Crippen LogP contribution in [0.4, 0.5) is 18.9 Å². The van der Waals surface area contributed by atoms with Crippen molar-refractivity contribution >= 4 is 34.7 Å². The molecule has 0 fully saturated rings. The molecule has 1 amide bonds. The van der Waals surface area contributed by atoms with Crippen LogP contribution in [-0.2, 0) is 15.8 Å². The number of aliphatic imine (C=N–C) groups is 1. The van der Waals surface area contributed by atoms with E-state index in [-0.39, 0.29) is 23.8 Å². The minimum absolute atomic E-state index is 0.00872. The van der Waals surface area contributed by atoms with Gasteiger partial charge in [-0.1, -0.05) is 66.2 Å². The van der Waals surface area contributed by atoms with Crippen LogP contribution in [0.3, 0.4) is 0 Å². The van der Waals surface area contributed by atoms with Crippen LogP contribution >= 0.6 is 11.6 Å². The fraction of sp³-hybridized carbons (Fsp3) is 0.233. The molecule has 5 rings (SSSR count). The van der Waals surface area contributed by atoms with E-state index in [4.69, 9.17) is 16.6 Å². The minimum Gasteiger partial charge on any atom is -0.325 e. The Labute approximate surface area is 223 Å². The summed E-state index contributed by atoms with van der Waals surface area (Å²) >= 11 is 6.58. The van der Waals surface area contributed by atoms with Crippen molar-refractivity contribution in [3.63, 3.8) is 0 Å². The normalized spacial score (nSPS) is 21.6. The molecular formula is C30H24ClF3N2O2. The van der Waals surface area contributed by atoms with Gasteiger partial charge in [0.1, 0.15) is 0 Å². The number of anilines is 1. The van der Waals surface area contributed by atoms with Crippen LogP contribution in [0.25, 0.3) is 0 Å². The van der Waals surface area contributed by atoms with E-state index in [1.807, 2.05) is 30.3 Å². The second-order valence-electron chi connectivity index (χ2n) is 9.60. The Kier molecular flexibility index (Phi) is 6.97. The topological polar surface area (TPSA) is 58.5 Å². The number of alkyl halides is 3. The van der Waals surface area contributed by atoms with E-state index in [0.29, 0.717) is 34.0 Å². The zero-order valence-electron chi connectivity index (χ0n) is 20.4. The van der Waals surface area contributed by atoms with Gasteiger partial charge >= 0.3 is 6.18 Å². The molecule has 194 valence electrons. The molecule has 0 aromatic heterocycles. The summed E-state index contributed by atoms with van der Waals surface area (Å²) in [6.45, 7) is 1.71. The summed E-state index contributed by atoms with van der Waals surface area (Å²) < 4.78 is 39.7. The molecule has 4 nitrogen and oxygen atoms in total. The average Bonchev–Trinajstić information content (AvgIpc) is 2.88. The van der Waals surface area contributed by atoms with Gasteiger partial charge in [-0.2, -0.15) is 13.2 Å². The van der Waals surface area contributed by atoms with Gasteiger partial charge in [0, 0.05) is 40.0 Å². The Balaban J connectivity index is 1.55. The molecule has 1 heterocycles. The van der Waals surface area contributed by atoms with Gasteiger partial charge in [-0.05, 0) is 54.7 Å². The number of amides is 1. The van der Waals surface area contributed by atoms with Gasteiger partial charge in [0.2, 0.25) is 5.91 Å². The summed E-state index contributed by atoms with van der Waals surface area (Å²) in [5.41, 5.74) is 2.33. The lowest BCUT2D eigenvalue weighted by Crippen LogP contribution is -2.40. The van der Waals surface area contributed by atoms with Crippen LogP contribution in [0.2, 0.25) is 5.02 Å². The largest absolute Gasteiger partial charge is 0.416 e. The van der Waals surface area contributed by atoms with Gasteiger partial charge in [0.05, 0.1) is 11.5 Å². The van der Waals surface area contributed by atoms with Crippen molar-refractivity contribution < 1.29 is 22.8 Å². The fourth-order valence-corrected chi connectivity index (χ4v) is 5.67. The second kappa shape index (κ2) is 10.2. The van der Waals surface area contributed by atoms with Crippen molar-refractivity contribution in [3.05, 3.63) is 112 Å². The molecule has 0 radical (unpaired) electrons. The summed E-state index contributed by atoms with van der Waals surface area (Å²) in [6.07, 6.45) is -3.75. The van der Waals surface area contributed by atoms with E-state index < -0.39 is 29.5 Å². The van der Waals surface area contributed by atoms with E-state index in [9.17, 15) is 22.8 Å². The lowest BCUT2D eigenvalue weighted by molar-refractivity contribution is -0.137. The third-order valence-electron chi connectivity index (χ3n) is 7.14. The summed E-state index contributed by atoms with van der Waals surface area (Å²) in [7, 11) is 0. The third kappa shape index (κ3) is 5.03. The molecule has 3 aromatic rings. The second-order valence-corrected chi connectivity index (χ2v) is 10.0.